The maximum Gasteiger partial charge on any atom is 0.416 e. The first-order valence-electron chi connectivity index (χ1n) is 7.19. The quantitative estimate of drug-likeness (QED) is 0.777. The zero-order chi connectivity index (χ0) is 17.5. The number of fused-ring (bicyclic) bond motifs is 1. The van der Waals surface area contributed by atoms with E-state index < -0.39 is 17.3 Å². The summed E-state index contributed by atoms with van der Waals surface area (Å²) < 4.78 is 40.7. The van der Waals surface area contributed by atoms with Crippen LogP contribution in [-0.4, -0.2) is 16.4 Å². The summed E-state index contributed by atoms with van der Waals surface area (Å²) in [5.41, 5.74) is 0.332. The van der Waals surface area contributed by atoms with Gasteiger partial charge < -0.3 is 5.32 Å². The molecule has 0 fully saturated rings. The van der Waals surface area contributed by atoms with E-state index in [2.05, 4.69) is 10.3 Å². The summed E-state index contributed by atoms with van der Waals surface area (Å²) in [7, 11) is 1.55. The third-order valence-corrected chi connectivity index (χ3v) is 3.72. The molecule has 2 heterocycles. The number of pyridine rings is 1. The van der Waals surface area contributed by atoms with Crippen LogP contribution in [0.5, 0.6) is 0 Å². The lowest BCUT2D eigenvalue weighted by atomic mass is 10.0. The smallest absolute Gasteiger partial charge is 0.358 e. The second-order valence-corrected chi connectivity index (χ2v) is 5.40. The molecule has 1 N–H and O–H groups in total. The predicted molar refractivity (Wildman–Crippen MR) is 86.2 cm³/mol. The molecule has 2 aromatic heterocycles. The van der Waals surface area contributed by atoms with Crippen molar-refractivity contribution in [1.82, 2.24) is 9.38 Å². The number of rotatable bonds is 2. The monoisotopic (exact) mass is 333 g/mol. The number of nitrogens with one attached hydrogen (secondary N) is 1. The third-order valence-electron chi connectivity index (χ3n) is 3.72. The van der Waals surface area contributed by atoms with Gasteiger partial charge in [-0.25, -0.2) is 0 Å². The Morgan fingerprint density at radius 3 is 2.54 bits per heavy atom. The van der Waals surface area contributed by atoms with Crippen LogP contribution >= 0.6 is 0 Å². The van der Waals surface area contributed by atoms with Gasteiger partial charge in [-0.15, -0.1) is 0 Å². The van der Waals surface area contributed by atoms with Crippen molar-refractivity contribution in [2.24, 2.45) is 0 Å². The Bertz CT molecular complexity index is 977. The van der Waals surface area contributed by atoms with Crippen LogP contribution in [0.25, 0.3) is 16.6 Å². The highest BCUT2D eigenvalue weighted by Crippen LogP contribution is 2.32. The van der Waals surface area contributed by atoms with E-state index in [-0.39, 0.29) is 17.0 Å². The minimum absolute atomic E-state index is 0.142. The zero-order valence-electron chi connectivity index (χ0n) is 13.0. The summed E-state index contributed by atoms with van der Waals surface area (Å²) in [6.45, 7) is 1.85. The van der Waals surface area contributed by atoms with Gasteiger partial charge in [0, 0.05) is 13.2 Å². The number of anilines is 1. The van der Waals surface area contributed by atoms with Crippen LogP contribution in [0.3, 0.4) is 0 Å². The standard InChI is InChI=1S/C17H14F3N3O/c1-10-4-3-5-11(8-10)14-13-9-12(17(18,19)20)6-7-23(13)16(21-2)22-15(14)24/h3-9H,1-2H3,(H,21,22,24). The number of alkyl halides is 3. The van der Waals surface area contributed by atoms with Crippen molar-refractivity contribution in [1.29, 1.82) is 0 Å². The number of aryl methyl sites for hydroxylation is 1. The fourth-order valence-corrected chi connectivity index (χ4v) is 2.62. The van der Waals surface area contributed by atoms with E-state index in [9.17, 15) is 18.0 Å². The maximum absolute atomic E-state index is 13.1. The Morgan fingerprint density at radius 1 is 1.17 bits per heavy atom. The average molecular weight is 333 g/mol. The Balaban J connectivity index is 2.43. The lowest BCUT2D eigenvalue weighted by Crippen LogP contribution is -2.17. The van der Waals surface area contributed by atoms with Crippen LogP contribution < -0.4 is 10.9 Å². The van der Waals surface area contributed by atoms with Crippen molar-refractivity contribution in [2.45, 2.75) is 13.1 Å². The second-order valence-electron chi connectivity index (χ2n) is 5.40. The minimum atomic E-state index is -4.50. The fourth-order valence-electron chi connectivity index (χ4n) is 2.62. The van der Waals surface area contributed by atoms with Crippen LogP contribution in [0.2, 0.25) is 0 Å². The zero-order valence-corrected chi connectivity index (χ0v) is 13.0. The number of aromatic nitrogens is 2. The summed E-state index contributed by atoms with van der Waals surface area (Å²) in [6.07, 6.45) is -3.24. The highest BCUT2D eigenvalue weighted by Gasteiger charge is 2.31. The maximum atomic E-state index is 13.1. The van der Waals surface area contributed by atoms with Crippen LogP contribution in [0, 0.1) is 6.92 Å². The van der Waals surface area contributed by atoms with Crippen molar-refractivity contribution in [3.05, 3.63) is 64.1 Å². The summed E-state index contributed by atoms with van der Waals surface area (Å²) in [4.78, 5) is 16.4. The van der Waals surface area contributed by atoms with Gasteiger partial charge in [0.2, 0.25) is 5.95 Å². The molecule has 0 saturated heterocycles. The van der Waals surface area contributed by atoms with Gasteiger partial charge in [-0.05, 0) is 24.6 Å². The van der Waals surface area contributed by atoms with E-state index in [1.54, 1.807) is 25.2 Å². The Hall–Kier alpha value is -2.83. The van der Waals surface area contributed by atoms with Crippen molar-refractivity contribution >= 4 is 11.5 Å². The first-order chi connectivity index (χ1) is 11.3. The molecule has 0 unspecified atom stereocenters. The summed E-state index contributed by atoms with van der Waals surface area (Å²) >= 11 is 0. The predicted octanol–water partition coefficient (Wildman–Crippen LogP) is 3.73. The second kappa shape index (κ2) is 5.67. The molecule has 0 bridgehead atoms. The molecular weight excluding hydrogens is 319 g/mol. The molecule has 0 spiro atoms. The van der Waals surface area contributed by atoms with E-state index in [0.29, 0.717) is 5.56 Å². The normalized spacial score (nSPS) is 11.7. The van der Waals surface area contributed by atoms with Crippen LogP contribution in [0.1, 0.15) is 11.1 Å². The van der Waals surface area contributed by atoms with Gasteiger partial charge in [-0.1, -0.05) is 29.8 Å². The fraction of sp³-hybridized carbons (Fsp3) is 0.176. The molecule has 0 saturated carbocycles. The van der Waals surface area contributed by atoms with Gasteiger partial charge in [-0.3, -0.25) is 9.20 Å². The van der Waals surface area contributed by atoms with E-state index in [0.717, 1.165) is 17.7 Å². The van der Waals surface area contributed by atoms with Crippen molar-refractivity contribution < 1.29 is 13.2 Å². The van der Waals surface area contributed by atoms with E-state index in [1.807, 2.05) is 13.0 Å². The molecule has 0 aliphatic heterocycles. The molecule has 3 aromatic rings. The van der Waals surface area contributed by atoms with Crippen molar-refractivity contribution in [3.8, 4) is 11.1 Å². The third kappa shape index (κ3) is 2.73. The lowest BCUT2D eigenvalue weighted by Gasteiger charge is -2.14. The van der Waals surface area contributed by atoms with Gasteiger partial charge in [0.15, 0.2) is 0 Å². The van der Waals surface area contributed by atoms with Gasteiger partial charge in [-0.2, -0.15) is 18.2 Å². The molecule has 1 aromatic carbocycles. The Morgan fingerprint density at radius 2 is 1.92 bits per heavy atom. The highest BCUT2D eigenvalue weighted by molar-refractivity contribution is 5.81. The van der Waals surface area contributed by atoms with Crippen molar-refractivity contribution in [3.63, 3.8) is 0 Å². The summed E-state index contributed by atoms with van der Waals surface area (Å²) in [6, 6.07) is 8.96. The van der Waals surface area contributed by atoms with E-state index in [4.69, 9.17) is 0 Å². The molecule has 7 heteroatoms. The number of hydrogen-bond acceptors (Lipinski definition) is 3. The molecule has 0 aliphatic rings. The van der Waals surface area contributed by atoms with Crippen molar-refractivity contribution in [2.75, 3.05) is 12.4 Å². The SMILES string of the molecule is CNc1nc(=O)c(-c2cccc(C)c2)c2cc(C(F)(F)F)ccn12. The molecule has 0 radical (unpaired) electrons. The summed E-state index contributed by atoms with van der Waals surface area (Å²) in [5, 5.41) is 2.73. The molecule has 4 nitrogen and oxygen atoms in total. The average Bonchev–Trinajstić information content (AvgIpc) is 2.52. The number of benzene rings is 1. The van der Waals surface area contributed by atoms with E-state index in [1.165, 1.54) is 10.6 Å². The molecule has 0 aliphatic carbocycles. The number of hydrogen-bond donors (Lipinski definition) is 1. The number of nitrogens with zero attached hydrogens (tertiary/aromatic N) is 2. The first-order valence-corrected chi connectivity index (χ1v) is 7.19. The molecular formula is C17H14F3N3O. The van der Waals surface area contributed by atoms with Crippen LogP contribution in [0.15, 0.2) is 47.4 Å². The molecule has 3 rings (SSSR count). The first kappa shape index (κ1) is 16.0. The Labute approximate surface area is 135 Å². The van der Waals surface area contributed by atoms with Gasteiger partial charge in [0.25, 0.3) is 5.56 Å². The molecule has 0 amide bonds. The molecule has 0 atom stereocenters. The topological polar surface area (TPSA) is 46.4 Å². The number of halogens is 3. The Kier molecular flexibility index (Phi) is 3.79. The van der Waals surface area contributed by atoms with Crippen LogP contribution in [0.4, 0.5) is 19.1 Å². The molecule has 24 heavy (non-hydrogen) atoms. The van der Waals surface area contributed by atoms with E-state index >= 15 is 0 Å². The van der Waals surface area contributed by atoms with Crippen LogP contribution in [-0.2, 0) is 6.18 Å². The lowest BCUT2D eigenvalue weighted by molar-refractivity contribution is -0.137. The van der Waals surface area contributed by atoms with Gasteiger partial charge in [0.05, 0.1) is 16.6 Å². The van der Waals surface area contributed by atoms with Gasteiger partial charge in [0.1, 0.15) is 0 Å². The highest BCUT2D eigenvalue weighted by atomic mass is 19.4. The minimum Gasteiger partial charge on any atom is -0.358 e. The molecule has 124 valence electrons. The largest absolute Gasteiger partial charge is 0.416 e. The summed E-state index contributed by atoms with van der Waals surface area (Å²) in [5.74, 6) is 0.181. The van der Waals surface area contributed by atoms with Gasteiger partial charge >= 0.3 is 6.18 Å².